The van der Waals surface area contributed by atoms with E-state index in [-0.39, 0.29) is 41.0 Å². The number of aryl methyl sites for hydroxylation is 1. The summed E-state index contributed by atoms with van der Waals surface area (Å²) in [5.41, 5.74) is 0.702. The van der Waals surface area contributed by atoms with Gasteiger partial charge in [-0.3, -0.25) is 9.59 Å². The minimum atomic E-state index is -3.69. The number of halogens is 1. The van der Waals surface area contributed by atoms with E-state index in [4.69, 9.17) is 16.3 Å². The third kappa shape index (κ3) is 4.61. The maximum Gasteiger partial charge on any atom is 0.243 e. The molecule has 10 heteroatoms. The third-order valence-electron chi connectivity index (χ3n) is 4.38. The van der Waals surface area contributed by atoms with E-state index in [1.807, 2.05) is 0 Å². The Morgan fingerprint density at radius 3 is 2.71 bits per heavy atom. The van der Waals surface area contributed by atoms with Gasteiger partial charge in [-0.2, -0.15) is 4.31 Å². The second-order valence-corrected chi connectivity index (χ2v) is 8.55. The number of benzene rings is 1. The van der Waals surface area contributed by atoms with Crippen molar-refractivity contribution in [3.05, 3.63) is 47.2 Å². The molecule has 2 aromatic rings. The molecule has 0 aliphatic carbocycles. The smallest absolute Gasteiger partial charge is 0.243 e. The number of aromatic nitrogens is 1. The van der Waals surface area contributed by atoms with E-state index in [0.717, 1.165) is 6.29 Å². The monoisotopic (exact) mass is 425 g/mol. The van der Waals surface area contributed by atoms with Crippen LogP contribution in [-0.4, -0.2) is 55.8 Å². The number of nitrogens with one attached hydrogen (secondary N) is 1. The summed E-state index contributed by atoms with van der Waals surface area (Å²) in [5, 5.41) is 2.88. The molecule has 28 heavy (non-hydrogen) atoms. The van der Waals surface area contributed by atoms with Gasteiger partial charge in [-0.05, 0) is 30.3 Å². The molecule has 0 unspecified atom stereocenters. The Kier molecular flexibility index (Phi) is 6.50. The van der Waals surface area contributed by atoms with Gasteiger partial charge in [0.2, 0.25) is 15.9 Å². The molecule has 0 spiro atoms. The van der Waals surface area contributed by atoms with Crippen LogP contribution in [0.5, 0.6) is 0 Å². The Balaban J connectivity index is 1.70. The summed E-state index contributed by atoms with van der Waals surface area (Å²) >= 11 is 6.13. The first-order chi connectivity index (χ1) is 13.4. The van der Waals surface area contributed by atoms with Gasteiger partial charge in [0.15, 0.2) is 6.29 Å². The summed E-state index contributed by atoms with van der Waals surface area (Å²) < 4.78 is 33.7. The highest BCUT2D eigenvalue weighted by atomic mass is 35.5. The quantitative estimate of drug-likeness (QED) is 0.684. The molecular weight excluding hydrogens is 406 g/mol. The molecule has 8 nitrogen and oxygen atoms in total. The molecular formula is C18H20ClN3O5S. The van der Waals surface area contributed by atoms with Crippen molar-refractivity contribution in [2.45, 2.75) is 17.9 Å². The highest BCUT2D eigenvalue weighted by molar-refractivity contribution is 7.89. The Morgan fingerprint density at radius 2 is 2.00 bits per heavy atom. The number of ether oxygens (including phenoxy) is 1. The van der Waals surface area contributed by atoms with Crippen LogP contribution < -0.4 is 5.32 Å². The van der Waals surface area contributed by atoms with Crippen LogP contribution in [0.15, 0.2) is 41.4 Å². The average Bonchev–Trinajstić information content (AvgIpc) is 3.16. The average molecular weight is 426 g/mol. The number of anilines is 1. The van der Waals surface area contributed by atoms with Gasteiger partial charge in [-0.25, -0.2) is 8.42 Å². The first-order valence-corrected chi connectivity index (χ1v) is 10.5. The molecule has 3 rings (SSSR count). The number of morpholine rings is 1. The van der Waals surface area contributed by atoms with Crippen molar-refractivity contribution >= 4 is 39.5 Å². The van der Waals surface area contributed by atoms with Crippen molar-refractivity contribution in [3.63, 3.8) is 0 Å². The zero-order valence-electron chi connectivity index (χ0n) is 15.0. The lowest BCUT2D eigenvalue weighted by molar-refractivity contribution is -0.116. The van der Waals surface area contributed by atoms with Crippen molar-refractivity contribution in [3.8, 4) is 0 Å². The molecule has 1 aromatic heterocycles. The zero-order chi connectivity index (χ0) is 20.1. The van der Waals surface area contributed by atoms with Gasteiger partial charge in [0.25, 0.3) is 0 Å². The van der Waals surface area contributed by atoms with E-state index in [2.05, 4.69) is 5.32 Å². The highest BCUT2D eigenvalue weighted by Crippen LogP contribution is 2.27. The maximum absolute atomic E-state index is 12.8. The number of carbonyl (C=O) groups is 2. The summed E-state index contributed by atoms with van der Waals surface area (Å²) in [6.07, 6.45) is 2.53. The second-order valence-electron chi connectivity index (χ2n) is 6.20. The molecule has 1 fully saturated rings. The minimum absolute atomic E-state index is 0.0581. The summed E-state index contributed by atoms with van der Waals surface area (Å²) in [6.45, 7) is 1.57. The standard InChI is InChI=1S/C18H20ClN3O5S/c19-16-4-3-15(28(25,26)22-8-10-27-11-9-22)12-17(16)20-18(24)5-7-21-6-1-2-14(21)13-23/h1-4,6,12-13H,5,7-11H2,(H,20,24). The topological polar surface area (TPSA) is 97.7 Å². The number of amides is 1. The first kappa shape index (κ1) is 20.5. The van der Waals surface area contributed by atoms with Crippen LogP contribution >= 0.6 is 11.6 Å². The minimum Gasteiger partial charge on any atom is -0.379 e. The molecule has 1 saturated heterocycles. The van der Waals surface area contributed by atoms with Gasteiger partial charge in [0.1, 0.15) is 0 Å². The fraction of sp³-hybridized carbons (Fsp3) is 0.333. The van der Waals surface area contributed by atoms with Crippen molar-refractivity contribution in [1.29, 1.82) is 0 Å². The fourth-order valence-electron chi connectivity index (χ4n) is 2.87. The zero-order valence-corrected chi connectivity index (χ0v) is 16.6. The molecule has 0 atom stereocenters. The number of hydrogen-bond acceptors (Lipinski definition) is 5. The highest BCUT2D eigenvalue weighted by Gasteiger charge is 2.27. The summed E-state index contributed by atoms with van der Waals surface area (Å²) in [7, 11) is -3.69. The van der Waals surface area contributed by atoms with Crippen LogP contribution in [0.3, 0.4) is 0 Å². The van der Waals surface area contributed by atoms with E-state index < -0.39 is 10.0 Å². The lowest BCUT2D eigenvalue weighted by Crippen LogP contribution is -2.40. The van der Waals surface area contributed by atoms with E-state index in [9.17, 15) is 18.0 Å². The molecule has 1 aliphatic rings. The van der Waals surface area contributed by atoms with Gasteiger partial charge in [0.05, 0.1) is 34.5 Å². The van der Waals surface area contributed by atoms with Gasteiger partial charge >= 0.3 is 0 Å². The van der Waals surface area contributed by atoms with E-state index >= 15 is 0 Å². The molecule has 1 aromatic carbocycles. The van der Waals surface area contributed by atoms with Crippen LogP contribution in [0.2, 0.25) is 5.02 Å². The van der Waals surface area contributed by atoms with Crippen LogP contribution in [0, 0.1) is 0 Å². The van der Waals surface area contributed by atoms with Crippen LogP contribution in [-0.2, 0) is 26.1 Å². The Hall–Kier alpha value is -2.20. The van der Waals surface area contributed by atoms with Crippen LogP contribution in [0.4, 0.5) is 5.69 Å². The Labute approximate surface area is 168 Å². The van der Waals surface area contributed by atoms with Crippen LogP contribution in [0.25, 0.3) is 0 Å². The summed E-state index contributed by atoms with van der Waals surface area (Å²) in [4.78, 5) is 23.3. The van der Waals surface area contributed by atoms with E-state index in [1.165, 1.54) is 22.5 Å². The number of carbonyl (C=O) groups excluding carboxylic acids is 2. The normalized spacial score (nSPS) is 15.3. The van der Waals surface area contributed by atoms with Crippen molar-refractivity contribution < 1.29 is 22.7 Å². The second kappa shape index (κ2) is 8.87. The number of nitrogens with zero attached hydrogens (tertiary/aromatic N) is 2. The molecule has 1 N–H and O–H groups in total. The number of sulfonamides is 1. The lowest BCUT2D eigenvalue weighted by atomic mass is 10.3. The van der Waals surface area contributed by atoms with Gasteiger partial charge in [0, 0.05) is 32.3 Å². The van der Waals surface area contributed by atoms with E-state index in [0.29, 0.717) is 25.5 Å². The van der Waals surface area contributed by atoms with Gasteiger partial charge in [-0.15, -0.1) is 0 Å². The van der Waals surface area contributed by atoms with Crippen molar-refractivity contribution in [1.82, 2.24) is 8.87 Å². The molecule has 150 valence electrons. The molecule has 0 saturated carbocycles. The Bertz CT molecular complexity index is 967. The third-order valence-corrected chi connectivity index (χ3v) is 6.61. The number of aldehydes is 1. The van der Waals surface area contributed by atoms with Crippen molar-refractivity contribution in [2.75, 3.05) is 31.6 Å². The van der Waals surface area contributed by atoms with Crippen LogP contribution in [0.1, 0.15) is 16.9 Å². The SMILES string of the molecule is O=Cc1cccn1CCC(=O)Nc1cc(S(=O)(=O)N2CCOCC2)ccc1Cl. The van der Waals surface area contributed by atoms with Gasteiger partial charge < -0.3 is 14.6 Å². The molecule has 1 aliphatic heterocycles. The van der Waals surface area contributed by atoms with E-state index in [1.54, 1.807) is 22.9 Å². The summed E-state index contributed by atoms with van der Waals surface area (Å²) in [6, 6.07) is 7.59. The predicted molar refractivity (Wildman–Crippen MR) is 104 cm³/mol. The largest absolute Gasteiger partial charge is 0.379 e. The summed E-state index contributed by atoms with van der Waals surface area (Å²) in [5.74, 6) is -0.339. The first-order valence-electron chi connectivity index (χ1n) is 8.69. The fourth-order valence-corrected chi connectivity index (χ4v) is 4.47. The molecule has 0 bridgehead atoms. The van der Waals surface area contributed by atoms with Gasteiger partial charge in [-0.1, -0.05) is 11.6 Å². The predicted octanol–water partition coefficient (Wildman–Crippen LogP) is 2.00. The lowest BCUT2D eigenvalue weighted by Gasteiger charge is -2.26. The Morgan fingerprint density at radius 1 is 1.25 bits per heavy atom. The van der Waals surface area contributed by atoms with Crippen molar-refractivity contribution in [2.24, 2.45) is 0 Å². The number of hydrogen-bond donors (Lipinski definition) is 1. The number of rotatable bonds is 7. The molecule has 0 radical (unpaired) electrons. The maximum atomic E-state index is 12.8. The molecule has 1 amide bonds. The molecule has 2 heterocycles.